The second-order valence-electron chi connectivity index (χ2n) is 7.31. The lowest BCUT2D eigenvalue weighted by Gasteiger charge is -2.13. The normalized spacial score (nSPS) is 11.2. The van der Waals surface area contributed by atoms with Crippen molar-refractivity contribution < 1.29 is 9.59 Å². The Kier molecular flexibility index (Phi) is 6.49. The maximum atomic E-state index is 13.1. The largest absolute Gasteiger partial charge is 0.326 e. The van der Waals surface area contributed by atoms with Crippen molar-refractivity contribution in [3.05, 3.63) is 101 Å². The number of allylic oxidation sites excluding steroid dienone is 3. The minimum Gasteiger partial charge on any atom is -0.311 e. The summed E-state index contributed by atoms with van der Waals surface area (Å²) in [5.74, 6) is -0.597. The molecule has 0 aliphatic heterocycles. The Hall–Kier alpha value is -4.26. The Morgan fingerprint density at radius 2 is 1.81 bits per heavy atom. The molecule has 0 bridgehead atoms. The Balaban J connectivity index is 1.98. The molecule has 2 heterocycles. The van der Waals surface area contributed by atoms with Crippen molar-refractivity contribution in [1.82, 2.24) is 20.2 Å². The average molecular weight is 428 g/mol. The summed E-state index contributed by atoms with van der Waals surface area (Å²) in [6.07, 6.45) is 6.19. The summed E-state index contributed by atoms with van der Waals surface area (Å²) < 4.78 is 1.57. The molecule has 1 aromatic carbocycles. The van der Waals surface area contributed by atoms with E-state index in [9.17, 15) is 14.4 Å². The first-order valence-corrected chi connectivity index (χ1v) is 9.90. The molecule has 2 aromatic heterocycles. The maximum absolute atomic E-state index is 13.1. The molecule has 0 spiro atoms. The molecule has 3 rings (SSSR count). The van der Waals surface area contributed by atoms with E-state index in [1.165, 1.54) is 12.2 Å². The van der Waals surface area contributed by atoms with Gasteiger partial charge >= 0.3 is 6.03 Å². The molecule has 7 heteroatoms. The van der Waals surface area contributed by atoms with Gasteiger partial charge in [0.25, 0.3) is 11.5 Å². The van der Waals surface area contributed by atoms with Crippen LogP contribution in [0, 0.1) is 13.8 Å². The number of benzene rings is 1. The third kappa shape index (κ3) is 4.57. The zero-order chi connectivity index (χ0) is 23.4. The van der Waals surface area contributed by atoms with Gasteiger partial charge in [-0.1, -0.05) is 25.3 Å². The van der Waals surface area contributed by atoms with Crippen molar-refractivity contribution >= 4 is 22.8 Å². The summed E-state index contributed by atoms with van der Waals surface area (Å²) in [5.41, 5.74) is 3.94. The zero-order valence-electron chi connectivity index (χ0n) is 18.2. The first-order chi connectivity index (χ1) is 15.2. The van der Waals surface area contributed by atoms with E-state index in [1.807, 2.05) is 19.9 Å². The number of urea groups is 1. The van der Waals surface area contributed by atoms with Crippen LogP contribution < -0.4 is 16.2 Å². The van der Waals surface area contributed by atoms with Crippen molar-refractivity contribution in [3.8, 4) is 11.1 Å². The van der Waals surface area contributed by atoms with E-state index in [4.69, 9.17) is 0 Å². The highest BCUT2D eigenvalue weighted by Gasteiger charge is 2.16. The smallest absolute Gasteiger partial charge is 0.311 e. The lowest BCUT2D eigenvalue weighted by atomic mass is 9.97. The fraction of sp³-hybridized carbons (Fsp3) is 0.120. The molecule has 0 saturated carbocycles. The van der Waals surface area contributed by atoms with Gasteiger partial charge in [0.1, 0.15) is 0 Å². The molecule has 7 nitrogen and oxygen atoms in total. The SMILES string of the molecule is C=C/C=C(\C=C)NC(=O)NC(=O)c1ccc(C)c(-c2cc3cnc(C)cc3n(C)c2=O)c1. The number of pyridine rings is 2. The summed E-state index contributed by atoms with van der Waals surface area (Å²) >= 11 is 0. The van der Waals surface area contributed by atoms with Crippen molar-refractivity contribution in [3.63, 3.8) is 0 Å². The standard InChI is InChI=1S/C25H24N4O3/c1-6-8-19(7-2)27-25(32)28-23(30)17-10-9-15(3)20(12-17)21-13-18-14-26-16(4)11-22(18)29(5)24(21)31/h6-14H,1-2H2,3-5H3,(H2,27,28,30,32)/b19-8+. The van der Waals surface area contributed by atoms with Gasteiger partial charge in [0, 0.05) is 41.1 Å². The van der Waals surface area contributed by atoms with Gasteiger partial charge in [-0.3, -0.25) is 19.9 Å². The Labute approximate surface area is 185 Å². The molecule has 0 radical (unpaired) electrons. The molecule has 0 aliphatic rings. The highest BCUT2D eigenvalue weighted by molar-refractivity contribution is 6.05. The van der Waals surface area contributed by atoms with Crippen molar-refractivity contribution in [2.45, 2.75) is 13.8 Å². The van der Waals surface area contributed by atoms with E-state index < -0.39 is 11.9 Å². The minimum absolute atomic E-state index is 0.188. The second kappa shape index (κ2) is 9.26. The Bertz CT molecular complexity index is 1350. The summed E-state index contributed by atoms with van der Waals surface area (Å²) in [6.45, 7) is 10.9. The number of imide groups is 1. The highest BCUT2D eigenvalue weighted by Crippen LogP contribution is 2.25. The molecule has 0 atom stereocenters. The van der Waals surface area contributed by atoms with Gasteiger partial charge in [0.15, 0.2) is 0 Å². The molecule has 0 fully saturated rings. The van der Waals surface area contributed by atoms with Gasteiger partial charge in [-0.15, -0.1) is 0 Å². The van der Waals surface area contributed by atoms with Gasteiger partial charge in [0.05, 0.1) is 5.52 Å². The molecule has 0 aliphatic carbocycles. The first-order valence-electron chi connectivity index (χ1n) is 9.90. The van der Waals surface area contributed by atoms with Crippen LogP contribution in [-0.4, -0.2) is 21.5 Å². The third-order valence-electron chi connectivity index (χ3n) is 5.04. The second-order valence-corrected chi connectivity index (χ2v) is 7.31. The van der Waals surface area contributed by atoms with Gasteiger partial charge in [-0.05, 0) is 61.4 Å². The molecule has 3 aromatic rings. The summed E-state index contributed by atoms with van der Waals surface area (Å²) in [6, 6.07) is 7.88. The van der Waals surface area contributed by atoms with E-state index in [2.05, 4.69) is 28.8 Å². The lowest BCUT2D eigenvalue weighted by molar-refractivity contribution is 0.0964. The van der Waals surface area contributed by atoms with E-state index in [1.54, 1.807) is 48.2 Å². The van der Waals surface area contributed by atoms with Crippen molar-refractivity contribution in [2.24, 2.45) is 7.05 Å². The number of nitrogens with one attached hydrogen (secondary N) is 2. The zero-order valence-corrected chi connectivity index (χ0v) is 18.2. The van der Waals surface area contributed by atoms with Gasteiger partial charge in [-0.2, -0.15) is 0 Å². The summed E-state index contributed by atoms with van der Waals surface area (Å²) in [4.78, 5) is 42.2. The number of rotatable bonds is 5. The van der Waals surface area contributed by atoms with Crippen LogP contribution in [0.15, 0.2) is 78.4 Å². The van der Waals surface area contributed by atoms with Gasteiger partial charge in [0.2, 0.25) is 0 Å². The van der Waals surface area contributed by atoms with Crippen LogP contribution >= 0.6 is 0 Å². The molecular formula is C25H24N4O3. The van der Waals surface area contributed by atoms with Crippen LogP contribution in [0.4, 0.5) is 4.79 Å². The van der Waals surface area contributed by atoms with Crippen LogP contribution in [-0.2, 0) is 7.05 Å². The molecule has 0 unspecified atom stereocenters. The van der Waals surface area contributed by atoms with Crippen LogP contribution in [0.5, 0.6) is 0 Å². The number of aryl methyl sites for hydroxylation is 3. The van der Waals surface area contributed by atoms with Crippen molar-refractivity contribution in [2.75, 3.05) is 0 Å². The number of nitrogens with zero attached hydrogens (tertiary/aromatic N) is 2. The number of hydrogen-bond donors (Lipinski definition) is 2. The molecule has 0 saturated heterocycles. The molecule has 32 heavy (non-hydrogen) atoms. The fourth-order valence-corrected chi connectivity index (χ4v) is 3.34. The molecular weight excluding hydrogens is 404 g/mol. The van der Waals surface area contributed by atoms with Crippen LogP contribution in [0.1, 0.15) is 21.6 Å². The Morgan fingerprint density at radius 3 is 2.50 bits per heavy atom. The number of fused-ring (bicyclic) bond motifs is 1. The first kappa shape index (κ1) is 22.4. The number of carbonyl (C=O) groups is 2. The number of hydrogen-bond acceptors (Lipinski definition) is 4. The van der Waals surface area contributed by atoms with E-state index in [0.717, 1.165) is 22.2 Å². The summed E-state index contributed by atoms with van der Waals surface area (Å²) in [5, 5.41) is 5.59. The van der Waals surface area contributed by atoms with Crippen molar-refractivity contribution in [1.29, 1.82) is 0 Å². The maximum Gasteiger partial charge on any atom is 0.326 e. The average Bonchev–Trinajstić information content (AvgIpc) is 2.76. The monoisotopic (exact) mass is 428 g/mol. The number of carbonyl (C=O) groups excluding carboxylic acids is 2. The Morgan fingerprint density at radius 1 is 1.06 bits per heavy atom. The predicted octanol–water partition coefficient (Wildman–Crippen LogP) is 3.91. The van der Waals surface area contributed by atoms with E-state index >= 15 is 0 Å². The molecule has 162 valence electrons. The van der Waals surface area contributed by atoms with Gasteiger partial charge < -0.3 is 9.88 Å². The summed E-state index contributed by atoms with van der Waals surface area (Å²) in [7, 11) is 1.71. The van der Waals surface area contributed by atoms with E-state index in [0.29, 0.717) is 16.8 Å². The van der Waals surface area contributed by atoms with Gasteiger partial charge in [-0.25, -0.2) is 4.79 Å². The fourth-order valence-electron chi connectivity index (χ4n) is 3.34. The lowest BCUT2D eigenvalue weighted by Crippen LogP contribution is -2.38. The van der Waals surface area contributed by atoms with Crippen LogP contribution in [0.3, 0.4) is 0 Å². The molecule has 2 N–H and O–H groups in total. The topological polar surface area (TPSA) is 93.1 Å². The quantitative estimate of drug-likeness (QED) is 0.603. The van der Waals surface area contributed by atoms with Crippen LogP contribution in [0.2, 0.25) is 0 Å². The van der Waals surface area contributed by atoms with Crippen LogP contribution in [0.25, 0.3) is 22.0 Å². The minimum atomic E-state index is -0.701. The number of aromatic nitrogens is 2. The third-order valence-corrected chi connectivity index (χ3v) is 5.04. The molecule has 3 amide bonds. The predicted molar refractivity (Wildman–Crippen MR) is 126 cm³/mol. The van der Waals surface area contributed by atoms with E-state index in [-0.39, 0.29) is 11.1 Å². The number of amides is 3. The highest BCUT2D eigenvalue weighted by atomic mass is 16.2.